The Kier molecular flexibility index (Phi) is 4.97. The molecule has 112 valence electrons. The Morgan fingerprint density at radius 3 is 2.76 bits per heavy atom. The first-order chi connectivity index (χ1) is 9.88. The number of thiazole rings is 1. The minimum Gasteiger partial charge on any atom is -0.480 e. The molecule has 1 atom stereocenters. The second kappa shape index (κ2) is 6.55. The molecular formula is C13H13ClN2O3S2. The van der Waals surface area contributed by atoms with Gasteiger partial charge < -0.3 is 10.0 Å². The fourth-order valence-corrected chi connectivity index (χ4v) is 3.53. The zero-order valence-corrected chi connectivity index (χ0v) is 13.8. The van der Waals surface area contributed by atoms with Crippen molar-refractivity contribution in [1.82, 2.24) is 9.88 Å². The Hall–Kier alpha value is -1.44. The first-order valence-corrected chi connectivity index (χ1v) is 8.14. The molecule has 2 rings (SSSR count). The van der Waals surface area contributed by atoms with Crippen molar-refractivity contribution in [2.24, 2.45) is 0 Å². The number of nitrogens with zero attached hydrogens (tertiary/aromatic N) is 2. The largest absolute Gasteiger partial charge is 0.480 e. The molecule has 0 aromatic carbocycles. The highest BCUT2D eigenvalue weighted by atomic mass is 35.5. The Morgan fingerprint density at radius 1 is 1.48 bits per heavy atom. The molecule has 0 saturated heterocycles. The maximum absolute atomic E-state index is 12.0. The molecule has 0 bridgehead atoms. The molecule has 8 heteroatoms. The van der Waals surface area contributed by atoms with Gasteiger partial charge in [0.2, 0.25) is 5.91 Å². The van der Waals surface area contributed by atoms with E-state index in [1.54, 1.807) is 11.4 Å². The van der Waals surface area contributed by atoms with Crippen LogP contribution in [-0.2, 0) is 16.0 Å². The summed E-state index contributed by atoms with van der Waals surface area (Å²) in [4.78, 5) is 29.4. The second-order valence-electron chi connectivity index (χ2n) is 4.44. The second-order valence-corrected chi connectivity index (χ2v) is 7.02. The van der Waals surface area contributed by atoms with Crippen LogP contribution < -0.4 is 0 Å². The molecule has 2 heterocycles. The Bertz CT molecular complexity index is 668. The number of rotatable bonds is 5. The van der Waals surface area contributed by atoms with Crippen molar-refractivity contribution >= 4 is 46.2 Å². The third-order valence-corrected chi connectivity index (χ3v) is 5.29. The summed E-state index contributed by atoms with van der Waals surface area (Å²) in [7, 11) is 1.48. The summed E-state index contributed by atoms with van der Waals surface area (Å²) in [6.07, 6.45) is 0.0870. The van der Waals surface area contributed by atoms with Gasteiger partial charge in [-0.15, -0.1) is 22.7 Å². The number of carbonyl (C=O) groups is 2. The topological polar surface area (TPSA) is 70.5 Å². The van der Waals surface area contributed by atoms with Crippen molar-refractivity contribution in [2.75, 3.05) is 7.05 Å². The zero-order chi connectivity index (χ0) is 15.6. The molecule has 2 aromatic heterocycles. The molecule has 1 unspecified atom stereocenters. The Morgan fingerprint density at radius 2 is 2.19 bits per heavy atom. The number of carboxylic acids is 1. The summed E-state index contributed by atoms with van der Waals surface area (Å²) < 4.78 is 0.688. The van der Waals surface area contributed by atoms with Crippen molar-refractivity contribution in [3.05, 3.63) is 27.5 Å². The van der Waals surface area contributed by atoms with Crippen LogP contribution in [0.15, 0.2) is 17.5 Å². The van der Waals surface area contributed by atoms with Crippen LogP contribution in [0.2, 0.25) is 4.34 Å². The lowest BCUT2D eigenvalue weighted by molar-refractivity contribution is -0.148. The van der Waals surface area contributed by atoms with E-state index in [-0.39, 0.29) is 12.3 Å². The molecule has 2 aromatic rings. The Balaban J connectivity index is 2.06. The van der Waals surface area contributed by atoms with E-state index in [2.05, 4.69) is 4.98 Å². The molecule has 5 nitrogen and oxygen atoms in total. The van der Waals surface area contributed by atoms with Gasteiger partial charge in [-0.2, -0.15) is 0 Å². The summed E-state index contributed by atoms with van der Waals surface area (Å²) >= 11 is 8.75. The van der Waals surface area contributed by atoms with Gasteiger partial charge in [0.05, 0.1) is 21.3 Å². The van der Waals surface area contributed by atoms with Crippen molar-refractivity contribution < 1.29 is 14.7 Å². The smallest absolute Gasteiger partial charge is 0.326 e. The van der Waals surface area contributed by atoms with Gasteiger partial charge in [-0.3, -0.25) is 4.79 Å². The van der Waals surface area contributed by atoms with Crippen LogP contribution >= 0.6 is 34.3 Å². The van der Waals surface area contributed by atoms with Gasteiger partial charge >= 0.3 is 5.97 Å². The van der Waals surface area contributed by atoms with Crippen LogP contribution in [0, 0.1) is 0 Å². The predicted octanol–water partition coefficient (Wildman–Crippen LogP) is 3.00. The molecule has 0 spiro atoms. The number of aromatic nitrogens is 1. The molecule has 1 N–H and O–H groups in total. The number of halogens is 1. The number of thiophene rings is 1. The number of carbonyl (C=O) groups excluding carboxylic acids is 1. The third-order valence-electron chi connectivity index (χ3n) is 3.00. The van der Waals surface area contributed by atoms with Crippen LogP contribution in [0.3, 0.4) is 0 Å². The molecule has 1 amide bonds. The van der Waals surface area contributed by atoms with E-state index in [9.17, 15) is 9.59 Å². The van der Waals surface area contributed by atoms with Crippen molar-refractivity contribution in [1.29, 1.82) is 0 Å². The van der Waals surface area contributed by atoms with Gasteiger partial charge in [0.15, 0.2) is 0 Å². The van der Waals surface area contributed by atoms with Crippen LogP contribution in [0.1, 0.15) is 12.6 Å². The van der Waals surface area contributed by atoms with Crippen LogP contribution in [0.5, 0.6) is 0 Å². The van der Waals surface area contributed by atoms with Crippen LogP contribution in [0.4, 0.5) is 0 Å². The van der Waals surface area contributed by atoms with E-state index in [0.29, 0.717) is 10.0 Å². The highest BCUT2D eigenvalue weighted by molar-refractivity contribution is 7.23. The lowest BCUT2D eigenvalue weighted by Crippen LogP contribution is -2.41. The van der Waals surface area contributed by atoms with Crippen LogP contribution in [0.25, 0.3) is 9.88 Å². The number of aliphatic carboxylic acids is 1. The SMILES string of the molecule is CC(C(=O)O)N(C)C(=O)Cc1csc(-c2ccc(Cl)s2)n1. The quantitative estimate of drug-likeness (QED) is 0.905. The number of likely N-dealkylation sites (N-methyl/N-ethyl adjacent to an activating group) is 1. The van der Waals surface area contributed by atoms with E-state index in [4.69, 9.17) is 16.7 Å². The summed E-state index contributed by atoms with van der Waals surface area (Å²) in [5.74, 6) is -1.30. The average molecular weight is 345 g/mol. The van der Waals surface area contributed by atoms with Gasteiger partial charge in [0, 0.05) is 12.4 Å². The fourth-order valence-electron chi connectivity index (χ4n) is 1.59. The lowest BCUT2D eigenvalue weighted by atomic mass is 10.2. The van der Waals surface area contributed by atoms with E-state index >= 15 is 0 Å². The first kappa shape index (κ1) is 15.9. The monoisotopic (exact) mass is 344 g/mol. The summed E-state index contributed by atoms with van der Waals surface area (Å²) in [6.45, 7) is 1.47. The molecule has 0 aliphatic heterocycles. The molecule has 0 saturated carbocycles. The Labute approximate surface area is 134 Å². The van der Waals surface area contributed by atoms with E-state index < -0.39 is 12.0 Å². The highest BCUT2D eigenvalue weighted by Crippen LogP contribution is 2.33. The number of amides is 1. The maximum Gasteiger partial charge on any atom is 0.326 e. The summed E-state index contributed by atoms with van der Waals surface area (Å²) in [5.41, 5.74) is 0.633. The molecule has 0 fully saturated rings. The van der Waals surface area contributed by atoms with E-state index in [1.807, 2.05) is 6.07 Å². The third kappa shape index (κ3) is 3.81. The zero-order valence-electron chi connectivity index (χ0n) is 11.4. The van der Waals surface area contributed by atoms with Gasteiger partial charge in [-0.25, -0.2) is 9.78 Å². The standard InChI is InChI=1S/C13H13ClN2O3S2/c1-7(13(18)19)16(2)11(17)5-8-6-20-12(15-8)9-3-4-10(14)21-9/h3-4,6-7H,5H2,1-2H3,(H,18,19). The molecular weight excluding hydrogens is 332 g/mol. The van der Waals surface area contributed by atoms with Gasteiger partial charge in [-0.05, 0) is 19.1 Å². The maximum atomic E-state index is 12.0. The normalized spacial score (nSPS) is 12.1. The van der Waals surface area contributed by atoms with Gasteiger partial charge in [0.25, 0.3) is 0 Å². The first-order valence-electron chi connectivity index (χ1n) is 6.07. The molecule has 0 radical (unpaired) electrons. The summed E-state index contributed by atoms with van der Waals surface area (Å²) in [5, 5.41) is 11.5. The molecule has 0 aliphatic rings. The number of carboxylic acid groups (broad SMARTS) is 1. The minimum absolute atomic E-state index is 0.0870. The molecule has 0 aliphatic carbocycles. The van der Waals surface area contributed by atoms with Crippen molar-refractivity contribution in [3.8, 4) is 9.88 Å². The number of hydrogen-bond donors (Lipinski definition) is 1. The average Bonchev–Trinajstić information content (AvgIpc) is 3.05. The molecule has 21 heavy (non-hydrogen) atoms. The highest BCUT2D eigenvalue weighted by Gasteiger charge is 2.22. The van der Waals surface area contributed by atoms with Crippen molar-refractivity contribution in [3.63, 3.8) is 0 Å². The van der Waals surface area contributed by atoms with Crippen LogP contribution in [-0.4, -0.2) is 40.0 Å². The fraction of sp³-hybridized carbons (Fsp3) is 0.308. The predicted molar refractivity (Wildman–Crippen MR) is 84.0 cm³/mol. The van der Waals surface area contributed by atoms with Gasteiger partial charge in [-0.1, -0.05) is 11.6 Å². The minimum atomic E-state index is -1.03. The summed E-state index contributed by atoms with van der Waals surface area (Å²) in [6, 6.07) is 2.83. The van der Waals surface area contributed by atoms with E-state index in [1.165, 1.54) is 41.5 Å². The number of hydrogen-bond acceptors (Lipinski definition) is 5. The lowest BCUT2D eigenvalue weighted by Gasteiger charge is -2.20. The van der Waals surface area contributed by atoms with Crippen molar-refractivity contribution in [2.45, 2.75) is 19.4 Å². The van der Waals surface area contributed by atoms with E-state index in [0.717, 1.165) is 9.88 Å². The van der Waals surface area contributed by atoms with Gasteiger partial charge in [0.1, 0.15) is 11.0 Å².